The van der Waals surface area contributed by atoms with Crippen molar-refractivity contribution in [1.29, 1.82) is 0 Å². The van der Waals surface area contributed by atoms with Gasteiger partial charge in [-0.3, -0.25) is 9.59 Å². The van der Waals surface area contributed by atoms with Gasteiger partial charge in [-0.1, -0.05) is 56.2 Å². The Bertz CT molecular complexity index is 1460. The van der Waals surface area contributed by atoms with Crippen molar-refractivity contribution in [2.75, 3.05) is 19.8 Å². The molecule has 2 heterocycles. The number of nitrogens with zero attached hydrogens (tertiary/aromatic N) is 1. The smallest absolute Gasteiger partial charge is 0.295 e. The summed E-state index contributed by atoms with van der Waals surface area (Å²) in [5.41, 5.74) is 3.24. The van der Waals surface area contributed by atoms with Crippen LogP contribution in [0.3, 0.4) is 0 Å². The second-order valence-electron chi connectivity index (χ2n) is 10.9. The van der Waals surface area contributed by atoms with E-state index in [0.29, 0.717) is 55.2 Å². The number of ketones is 1. The van der Waals surface area contributed by atoms with Crippen LogP contribution in [0.2, 0.25) is 0 Å². The fraction of sp³-hybridized carbons (Fsp3) is 0.371. The molecule has 1 amide bonds. The van der Waals surface area contributed by atoms with E-state index in [9.17, 15) is 14.7 Å². The Morgan fingerprint density at radius 1 is 0.976 bits per heavy atom. The molecule has 7 nitrogen and oxygen atoms in total. The minimum absolute atomic E-state index is 0.0423. The summed E-state index contributed by atoms with van der Waals surface area (Å²) in [7, 11) is 0. The number of rotatable bonds is 12. The number of unbranched alkanes of at least 4 members (excludes halogenated alkanes) is 2. The lowest BCUT2D eigenvalue weighted by atomic mass is 9.94. The molecule has 3 aromatic carbocycles. The van der Waals surface area contributed by atoms with Gasteiger partial charge < -0.3 is 24.2 Å². The summed E-state index contributed by atoms with van der Waals surface area (Å²) in [6.07, 6.45) is 4.43. The molecule has 0 radical (unpaired) electrons. The van der Waals surface area contributed by atoms with Crippen LogP contribution in [-0.4, -0.2) is 47.6 Å². The van der Waals surface area contributed by atoms with Crippen molar-refractivity contribution < 1.29 is 28.9 Å². The number of hydrogen-bond donors (Lipinski definition) is 1. The molecule has 7 heteroatoms. The molecule has 1 saturated heterocycles. The van der Waals surface area contributed by atoms with Gasteiger partial charge in [0.2, 0.25) is 0 Å². The molecule has 0 aliphatic carbocycles. The molecule has 0 spiro atoms. The van der Waals surface area contributed by atoms with Gasteiger partial charge in [0, 0.05) is 18.5 Å². The first-order valence-electron chi connectivity index (χ1n) is 14.9. The maximum Gasteiger partial charge on any atom is 0.295 e. The van der Waals surface area contributed by atoms with Crippen molar-refractivity contribution in [2.45, 2.75) is 65.0 Å². The summed E-state index contributed by atoms with van der Waals surface area (Å²) >= 11 is 0. The van der Waals surface area contributed by atoms with Crippen molar-refractivity contribution in [1.82, 2.24) is 4.90 Å². The van der Waals surface area contributed by atoms with Gasteiger partial charge in [-0.2, -0.15) is 0 Å². The highest BCUT2D eigenvalue weighted by atomic mass is 16.5. The number of hydrogen-bond acceptors (Lipinski definition) is 6. The molecule has 0 saturated carbocycles. The van der Waals surface area contributed by atoms with Crippen molar-refractivity contribution in [3.05, 3.63) is 94.6 Å². The summed E-state index contributed by atoms with van der Waals surface area (Å²) < 4.78 is 17.8. The average Bonchev–Trinajstić information content (AvgIpc) is 3.50. The molecule has 1 fully saturated rings. The molecule has 42 heavy (non-hydrogen) atoms. The van der Waals surface area contributed by atoms with E-state index in [4.69, 9.17) is 14.2 Å². The number of carbonyl (C=O) groups excluding carboxylic acids is 2. The second kappa shape index (κ2) is 13.1. The predicted octanol–water partition coefficient (Wildman–Crippen LogP) is 6.64. The van der Waals surface area contributed by atoms with E-state index in [1.165, 1.54) is 0 Å². The Morgan fingerprint density at radius 3 is 2.55 bits per heavy atom. The Balaban J connectivity index is 1.55. The number of fused-ring (bicyclic) bond motifs is 1. The van der Waals surface area contributed by atoms with E-state index >= 15 is 0 Å². The Kier molecular flexibility index (Phi) is 9.15. The van der Waals surface area contributed by atoms with E-state index in [1.807, 2.05) is 74.5 Å². The lowest BCUT2D eigenvalue weighted by Gasteiger charge is -2.26. The van der Waals surface area contributed by atoms with Crippen LogP contribution in [0.4, 0.5) is 0 Å². The summed E-state index contributed by atoms with van der Waals surface area (Å²) in [6.45, 7) is 7.35. The number of carbonyl (C=O) groups is 2. The SMILES string of the molecule is CCCCCOc1ccc([C@@H]2/C(=C(\O)c3ccc4c(c3)C[C@H](C)O4)C(=O)C(=O)N2CCc2ccccc2)cc1OCC. The minimum Gasteiger partial charge on any atom is -0.507 e. The summed E-state index contributed by atoms with van der Waals surface area (Å²) in [5, 5.41) is 11.6. The van der Waals surface area contributed by atoms with Crippen LogP contribution in [0.5, 0.6) is 17.2 Å². The standard InChI is InChI=1S/C35H39NO6/c1-4-6-10-19-41-29-16-13-25(22-30(29)40-5-2)32-31(33(37)26-14-15-28-27(21-26)20-23(3)42-28)34(38)35(39)36(32)18-17-24-11-8-7-9-12-24/h7-9,11-16,21-23,32,37H,4-6,10,17-20H2,1-3H3/b33-31+/t23-,32+/m0/s1. The summed E-state index contributed by atoms with van der Waals surface area (Å²) in [5.74, 6) is 0.409. The lowest BCUT2D eigenvalue weighted by Crippen LogP contribution is -2.31. The molecule has 0 aromatic heterocycles. The molecule has 2 atom stereocenters. The quantitative estimate of drug-likeness (QED) is 0.114. The molecule has 5 rings (SSSR count). The van der Waals surface area contributed by atoms with E-state index in [2.05, 4.69) is 6.92 Å². The van der Waals surface area contributed by atoms with E-state index in [0.717, 1.165) is 36.1 Å². The van der Waals surface area contributed by atoms with Crippen LogP contribution >= 0.6 is 0 Å². The van der Waals surface area contributed by atoms with Crippen molar-refractivity contribution in [2.24, 2.45) is 0 Å². The fourth-order valence-corrected chi connectivity index (χ4v) is 5.69. The third kappa shape index (κ3) is 6.15. The number of Topliss-reactive ketones (excluding diaryl/α,β-unsaturated/α-hetero) is 1. The number of benzene rings is 3. The summed E-state index contributed by atoms with van der Waals surface area (Å²) in [6, 6.07) is 20.0. The molecule has 2 aliphatic heterocycles. The lowest BCUT2D eigenvalue weighted by molar-refractivity contribution is -0.139. The first kappa shape index (κ1) is 29.2. The van der Waals surface area contributed by atoms with Crippen molar-refractivity contribution in [3.8, 4) is 17.2 Å². The molecular formula is C35H39NO6. The van der Waals surface area contributed by atoms with Crippen LogP contribution in [0, 0.1) is 0 Å². The minimum atomic E-state index is -0.787. The number of amides is 1. The number of aliphatic hydroxyl groups is 1. The first-order valence-corrected chi connectivity index (χ1v) is 14.9. The Hall–Kier alpha value is -4.26. The highest BCUT2D eigenvalue weighted by Crippen LogP contribution is 2.43. The number of likely N-dealkylation sites (tertiary alicyclic amines) is 1. The van der Waals surface area contributed by atoms with Crippen LogP contribution < -0.4 is 14.2 Å². The molecule has 2 aliphatic rings. The van der Waals surface area contributed by atoms with Gasteiger partial charge in [0.15, 0.2) is 11.5 Å². The van der Waals surface area contributed by atoms with E-state index in [-0.39, 0.29) is 17.4 Å². The van der Waals surface area contributed by atoms with E-state index in [1.54, 1.807) is 11.0 Å². The zero-order valence-electron chi connectivity index (χ0n) is 24.6. The zero-order valence-corrected chi connectivity index (χ0v) is 24.6. The molecule has 220 valence electrons. The van der Waals surface area contributed by atoms with Crippen LogP contribution in [-0.2, 0) is 22.4 Å². The normalized spacial score (nSPS) is 19.1. The largest absolute Gasteiger partial charge is 0.507 e. The molecule has 0 bridgehead atoms. The molecule has 0 unspecified atom stereocenters. The molecule has 1 N–H and O–H groups in total. The van der Waals surface area contributed by atoms with Gasteiger partial charge in [0.05, 0.1) is 24.8 Å². The van der Waals surface area contributed by atoms with Gasteiger partial charge in [0.25, 0.3) is 11.7 Å². The highest BCUT2D eigenvalue weighted by molar-refractivity contribution is 6.46. The van der Waals surface area contributed by atoms with Gasteiger partial charge >= 0.3 is 0 Å². The predicted molar refractivity (Wildman–Crippen MR) is 162 cm³/mol. The second-order valence-corrected chi connectivity index (χ2v) is 10.9. The maximum absolute atomic E-state index is 13.6. The van der Waals surface area contributed by atoms with Crippen molar-refractivity contribution in [3.63, 3.8) is 0 Å². The molecule has 3 aromatic rings. The Labute approximate surface area is 247 Å². The third-order valence-corrected chi connectivity index (χ3v) is 7.78. The fourth-order valence-electron chi connectivity index (χ4n) is 5.69. The van der Waals surface area contributed by atoms with Gasteiger partial charge in [0.1, 0.15) is 17.6 Å². The van der Waals surface area contributed by atoms with Gasteiger partial charge in [-0.05, 0) is 73.7 Å². The number of aliphatic hydroxyl groups excluding tert-OH is 1. The van der Waals surface area contributed by atoms with Gasteiger partial charge in [-0.15, -0.1) is 0 Å². The third-order valence-electron chi connectivity index (χ3n) is 7.78. The summed E-state index contributed by atoms with van der Waals surface area (Å²) in [4.78, 5) is 28.7. The molecular weight excluding hydrogens is 530 g/mol. The maximum atomic E-state index is 13.6. The van der Waals surface area contributed by atoms with Crippen molar-refractivity contribution >= 4 is 17.4 Å². The monoisotopic (exact) mass is 569 g/mol. The van der Waals surface area contributed by atoms with Crippen LogP contribution in [0.1, 0.15) is 68.3 Å². The Morgan fingerprint density at radius 2 is 1.79 bits per heavy atom. The van der Waals surface area contributed by atoms with E-state index < -0.39 is 17.7 Å². The average molecular weight is 570 g/mol. The number of ether oxygens (including phenoxy) is 3. The van der Waals surface area contributed by atoms with Crippen LogP contribution in [0.15, 0.2) is 72.3 Å². The zero-order chi connectivity index (χ0) is 29.6. The first-order chi connectivity index (χ1) is 20.4. The van der Waals surface area contributed by atoms with Gasteiger partial charge in [-0.25, -0.2) is 0 Å². The topological polar surface area (TPSA) is 85.3 Å². The van der Waals surface area contributed by atoms with Crippen LogP contribution in [0.25, 0.3) is 5.76 Å². The highest BCUT2D eigenvalue weighted by Gasteiger charge is 2.46.